The van der Waals surface area contributed by atoms with Gasteiger partial charge in [-0.3, -0.25) is 4.79 Å². The summed E-state index contributed by atoms with van der Waals surface area (Å²) in [7, 11) is 0. The van der Waals surface area contributed by atoms with E-state index in [-0.39, 0.29) is 5.91 Å². The van der Waals surface area contributed by atoms with Crippen LogP contribution in [0.15, 0.2) is 50.3 Å². The van der Waals surface area contributed by atoms with Crippen LogP contribution in [0.2, 0.25) is 0 Å². The predicted molar refractivity (Wildman–Crippen MR) is 112 cm³/mol. The molecule has 7 heteroatoms. The first kappa shape index (κ1) is 17.2. The lowest BCUT2D eigenvalue weighted by Crippen LogP contribution is -2.19. The van der Waals surface area contributed by atoms with Gasteiger partial charge in [0, 0.05) is 16.3 Å². The quantitative estimate of drug-likeness (QED) is 0.604. The van der Waals surface area contributed by atoms with Gasteiger partial charge in [0.2, 0.25) is 0 Å². The number of nitrogens with zero attached hydrogens (tertiary/aromatic N) is 2. The second kappa shape index (κ2) is 7.19. The van der Waals surface area contributed by atoms with E-state index in [1.165, 1.54) is 11.8 Å². The molecular weight excluding hydrogens is 382 g/mol. The molecule has 1 aliphatic heterocycles. The second-order valence-corrected chi connectivity index (χ2v) is 8.48. The van der Waals surface area contributed by atoms with Gasteiger partial charge in [-0.25, -0.2) is 9.98 Å². The number of thiazole rings is 1. The topological polar surface area (TPSA) is 54.4 Å². The number of rotatable bonds is 3. The molecular formula is C19H15N3OS3. The fourth-order valence-corrected chi connectivity index (χ4v) is 4.87. The van der Waals surface area contributed by atoms with E-state index < -0.39 is 0 Å². The minimum Gasteiger partial charge on any atom is -0.300 e. The molecule has 0 radical (unpaired) electrons. The zero-order valence-corrected chi connectivity index (χ0v) is 16.6. The Morgan fingerprint density at radius 1 is 1.15 bits per heavy atom. The molecule has 1 aliphatic rings. The minimum atomic E-state index is -0.134. The van der Waals surface area contributed by atoms with Crippen LogP contribution < -0.4 is 5.32 Å². The number of amidine groups is 1. The summed E-state index contributed by atoms with van der Waals surface area (Å²) in [5, 5.41) is 10.5. The van der Waals surface area contributed by atoms with E-state index in [1.54, 1.807) is 22.7 Å². The van der Waals surface area contributed by atoms with Gasteiger partial charge in [-0.2, -0.15) is 11.3 Å². The van der Waals surface area contributed by atoms with Crippen molar-refractivity contribution in [3.05, 3.63) is 62.1 Å². The van der Waals surface area contributed by atoms with E-state index in [9.17, 15) is 4.79 Å². The van der Waals surface area contributed by atoms with Crippen LogP contribution in [0, 0.1) is 13.8 Å². The Morgan fingerprint density at radius 3 is 2.69 bits per heavy atom. The number of aliphatic imine (C=N–C) groups is 1. The number of hydrogen-bond acceptors (Lipinski definition) is 6. The predicted octanol–water partition coefficient (Wildman–Crippen LogP) is 5.38. The molecule has 130 valence electrons. The first-order valence-corrected chi connectivity index (χ1v) is 10.6. The van der Waals surface area contributed by atoms with E-state index in [0.29, 0.717) is 10.1 Å². The van der Waals surface area contributed by atoms with Crippen molar-refractivity contribution in [2.24, 2.45) is 4.99 Å². The molecule has 1 saturated heterocycles. The van der Waals surface area contributed by atoms with Gasteiger partial charge in [0.25, 0.3) is 5.91 Å². The van der Waals surface area contributed by atoms with Crippen LogP contribution in [0.3, 0.4) is 0 Å². The maximum absolute atomic E-state index is 12.3. The summed E-state index contributed by atoms with van der Waals surface area (Å²) in [5.41, 5.74) is 4.99. The number of benzene rings is 1. The summed E-state index contributed by atoms with van der Waals surface area (Å²) >= 11 is 4.58. The Labute approximate surface area is 163 Å². The Morgan fingerprint density at radius 2 is 1.96 bits per heavy atom. The molecule has 0 atom stereocenters. The average molecular weight is 398 g/mol. The van der Waals surface area contributed by atoms with Crippen LogP contribution in [0.25, 0.3) is 16.6 Å². The maximum Gasteiger partial charge on any atom is 0.264 e. The van der Waals surface area contributed by atoms with Gasteiger partial charge in [-0.15, -0.1) is 11.3 Å². The summed E-state index contributed by atoms with van der Waals surface area (Å²) < 4.78 is 0. The molecule has 1 amide bonds. The highest BCUT2D eigenvalue weighted by molar-refractivity contribution is 8.18. The number of nitrogens with one attached hydrogen (secondary N) is 1. The third kappa shape index (κ3) is 3.51. The summed E-state index contributed by atoms with van der Waals surface area (Å²) in [5.74, 6) is -0.134. The van der Waals surface area contributed by atoms with Crippen molar-refractivity contribution >= 4 is 57.3 Å². The van der Waals surface area contributed by atoms with Crippen molar-refractivity contribution in [3.8, 4) is 10.6 Å². The lowest BCUT2D eigenvalue weighted by Gasteiger charge is -2.04. The number of carbonyl (C=O) groups is 1. The first-order valence-electron chi connectivity index (χ1n) is 7.94. The Bertz CT molecular complexity index is 1010. The molecule has 2 aromatic heterocycles. The van der Waals surface area contributed by atoms with Crippen LogP contribution in [-0.4, -0.2) is 16.1 Å². The molecule has 4 rings (SSSR count). The van der Waals surface area contributed by atoms with Gasteiger partial charge >= 0.3 is 0 Å². The molecule has 4 nitrogen and oxygen atoms in total. The number of aromatic nitrogens is 1. The summed E-state index contributed by atoms with van der Waals surface area (Å²) in [4.78, 5) is 22.1. The van der Waals surface area contributed by atoms with Crippen molar-refractivity contribution < 1.29 is 4.79 Å². The third-order valence-electron chi connectivity index (χ3n) is 3.87. The number of thiophene rings is 1. The first-order chi connectivity index (χ1) is 12.6. The number of carbonyl (C=O) groups excluding carboxylic acids is 1. The number of para-hydroxylation sites is 1. The summed E-state index contributed by atoms with van der Waals surface area (Å²) in [6.07, 6.45) is 1.82. The summed E-state index contributed by atoms with van der Waals surface area (Å²) in [6.45, 7) is 4.04. The van der Waals surface area contributed by atoms with Crippen molar-refractivity contribution in [1.29, 1.82) is 0 Å². The Kier molecular flexibility index (Phi) is 4.76. The zero-order chi connectivity index (χ0) is 18.1. The fourth-order valence-electron chi connectivity index (χ4n) is 2.57. The minimum absolute atomic E-state index is 0.134. The molecule has 1 aromatic carbocycles. The van der Waals surface area contributed by atoms with Crippen molar-refractivity contribution in [1.82, 2.24) is 10.3 Å². The van der Waals surface area contributed by atoms with Gasteiger partial charge < -0.3 is 5.32 Å². The molecule has 0 unspecified atom stereocenters. The lowest BCUT2D eigenvalue weighted by atomic mass is 10.1. The van der Waals surface area contributed by atoms with Gasteiger partial charge in [0.05, 0.1) is 16.3 Å². The smallest absolute Gasteiger partial charge is 0.264 e. The van der Waals surface area contributed by atoms with Crippen LogP contribution in [0.5, 0.6) is 0 Å². The normalized spacial score (nSPS) is 17.2. The average Bonchev–Trinajstić information content (AvgIpc) is 3.33. The monoisotopic (exact) mass is 397 g/mol. The molecule has 0 spiro atoms. The Hall–Kier alpha value is -2.22. The van der Waals surface area contributed by atoms with Gasteiger partial charge in [0.1, 0.15) is 5.01 Å². The molecule has 26 heavy (non-hydrogen) atoms. The maximum atomic E-state index is 12.3. The van der Waals surface area contributed by atoms with Crippen LogP contribution in [-0.2, 0) is 4.79 Å². The van der Waals surface area contributed by atoms with Crippen LogP contribution >= 0.6 is 34.4 Å². The number of hydrogen-bond donors (Lipinski definition) is 1. The molecule has 0 bridgehead atoms. The third-order valence-corrected chi connectivity index (χ3v) is 6.38. The van der Waals surface area contributed by atoms with E-state index in [0.717, 1.165) is 33.1 Å². The number of thioether (sulfide) groups is 1. The highest BCUT2D eigenvalue weighted by atomic mass is 32.2. The van der Waals surface area contributed by atoms with E-state index in [4.69, 9.17) is 0 Å². The van der Waals surface area contributed by atoms with E-state index in [2.05, 4.69) is 20.7 Å². The fraction of sp³-hybridized carbons (Fsp3) is 0.105. The van der Waals surface area contributed by atoms with Gasteiger partial charge in [-0.05, 0) is 54.3 Å². The largest absolute Gasteiger partial charge is 0.300 e. The van der Waals surface area contributed by atoms with Crippen LogP contribution in [0.1, 0.15) is 16.8 Å². The lowest BCUT2D eigenvalue weighted by molar-refractivity contribution is -0.115. The second-order valence-electron chi connectivity index (χ2n) is 5.81. The summed E-state index contributed by atoms with van der Waals surface area (Å²) in [6, 6.07) is 8.10. The molecule has 3 heterocycles. The SMILES string of the molecule is Cc1cccc(C)c1N=C1NC(=O)/C(=C/c2csc(-c3ccsc3)n2)S1. The van der Waals surface area contributed by atoms with Gasteiger partial charge in [-0.1, -0.05) is 18.2 Å². The van der Waals surface area contributed by atoms with Gasteiger partial charge in [0.15, 0.2) is 5.17 Å². The Balaban J connectivity index is 1.58. The molecule has 1 N–H and O–H groups in total. The molecule has 0 saturated carbocycles. The van der Waals surface area contributed by atoms with E-state index in [1.807, 2.05) is 54.9 Å². The van der Waals surface area contributed by atoms with Crippen molar-refractivity contribution in [2.75, 3.05) is 0 Å². The number of aryl methyl sites for hydroxylation is 2. The standard InChI is InChI=1S/C19H15N3OS3/c1-11-4-3-5-12(2)16(11)21-19-22-17(23)15(26-19)8-14-10-25-18(20-14)13-6-7-24-9-13/h3-10H,1-2H3,(H,21,22,23)/b15-8-. The molecule has 0 aliphatic carbocycles. The van der Waals surface area contributed by atoms with Crippen LogP contribution in [0.4, 0.5) is 5.69 Å². The molecule has 1 fully saturated rings. The van der Waals surface area contributed by atoms with Crippen molar-refractivity contribution in [2.45, 2.75) is 13.8 Å². The van der Waals surface area contributed by atoms with Crippen molar-refractivity contribution in [3.63, 3.8) is 0 Å². The highest BCUT2D eigenvalue weighted by Crippen LogP contribution is 2.32. The highest BCUT2D eigenvalue weighted by Gasteiger charge is 2.24. The molecule has 3 aromatic rings. The van der Waals surface area contributed by atoms with E-state index >= 15 is 0 Å². The number of amides is 1. The zero-order valence-electron chi connectivity index (χ0n) is 14.1.